The normalized spacial score (nSPS) is 19.4. The van der Waals surface area contributed by atoms with Gasteiger partial charge < -0.3 is 9.47 Å². The van der Waals surface area contributed by atoms with Crippen molar-refractivity contribution in [2.45, 2.75) is 26.4 Å². The van der Waals surface area contributed by atoms with E-state index in [0.29, 0.717) is 5.56 Å². The van der Waals surface area contributed by atoms with E-state index in [0.717, 1.165) is 22.2 Å². The molecule has 1 heterocycles. The quantitative estimate of drug-likeness (QED) is 0.333. The lowest BCUT2D eigenvalue weighted by atomic mass is 9.93. The van der Waals surface area contributed by atoms with E-state index in [1.54, 1.807) is 11.5 Å². The lowest BCUT2D eigenvalue weighted by Gasteiger charge is -2.16. The van der Waals surface area contributed by atoms with Crippen molar-refractivity contribution in [1.82, 2.24) is 10.5 Å². The van der Waals surface area contributed by atoms with E-state index in [1.807, 2.05) is 37.3 Å². The predicted molar refractivity (Wildman–Crippen MR) is 113 cm³/mol. The van der Waals surface area contributed by atoms with Gasteiger partial charge in [-0.15, -0.1) is 0 Å². The van der Waals surface area contributed by atoms with Gasteiger partial charge in [0.1, 0.15) is 6.61 Å². The Morgan fingerprint density at radius 2 is 2.03 bits per heavy atom. The van der Waals surface area contributed by atoms with Gasteiger partial charge in [0.05, 0.1) is 24.0 Å². The molecule has 2 atom stereocenters. The second kappa shape index (κ2) is 8.55. The number of rotatable bonds is 7. The molecule has 2 N–H and O–H groups in total. The first-order valence-electron chi connectivity index (χ1n) is 10.2. The number of amides is 1. The Morgan fingerprint density at radius 1 is 1.25 bits per heavy atom. The smallest absolute Gasteiger partial charge is 0.312 e. The van der Waals surface area contributed by atoms with Gasteiger partial charge in [-0.2, -0.15) is 0 Å². The van der Waals surface area contributed by atoms with Crippen LogP contribution in [0.4, 0.5) is 4.39 Å². The number of pyridine rings is 1. The molecule has 1 aliphatic rings. The number of hydrogen-bond acceptors (Lipinski definition) is 6. The van der Waals surface area contributed by atoms with Crippen molar-refractivity contribution in [3.8, 4) is 5.75 Å². The molecular weight excluding hydrogens is 415 g/mol. The highest BCUT2D eigenvalue weighted by atomic mass is 19.1. The number of hydroxylamine groups is 1. The van der Waals surface area contributed by atoms with Crippen LogP contribution in [0.5, 0.6) is 5.75 Å². The summed E-state index contributed by atoms with van der Waals surface area (Å²) in [5.41, 5.74) is 3.58. The molecule has 32 heavy (non-hydrogen) atoms. The Balaban J connectivity index is 1.51. The number of halogens is 1. The summed E-state index contributed by atoms with van der Waals surface area (Å²) in [5, 5.41) is 9.82. The summed E-state index contributed by atoms with van der Waals surface area (Å²) < 4.78 is 25.4. The lowest BCUT2D eigenvalue weighted by Crippen LogP contribution is -2.30. The number of aromatic nitrogens is 1. The largest absolute Gasteiger partial charge is 0.486 e. The van der Waals surface area contributed by atoms with Gasteiger partial charge in [0.25, 0.3) is 0 Å². The minimum atomic E-state index is -1.11. The molecule has 0 aliphatic heterocycles. The molecule has 1 aliphatic carbocycles. The maximum absolute atomic E-state index is 14.8. The molecule has 1 aromatic heterocycles. The van der Waals surface area contributed by atoms with E-state index in [4.69, 9.17) is 14.7 Å². The molecular formula is C24H23FN2O5. The van der Waals surface area contributed by atoms with Gasteiger partial charge in [0.2, 0.25) is 5.91 Å². The average molecular weight is 438 g/mol. The highest BCUT2D eigenvalue weighted by molar-refractivity contribution is 5.93. The van der Waals surface area contributed by atoms with E-state index in [1.165, 1.54) is 19.2 Å². The maximum Gasteiger partial charge on any atom is 0.312 e. The van der Waals surface area contributed by atoms with Crippen LogP contribution in [0.1, 0.15) is 23.2 Å². The monoisotopic (exact) mass is 438 g/mol. The number of carbonyl (C=O) groups is 2. The number of para-hydroxylation sites is 1. The molecule has 8 heteroatoms. The average Bonchev–Trinajstić information content (AvgIpc) is 3.52. The van der Waals surface area contributed by atoms with Crippen molar-refractivity contribution >= 4 is 22.8 Å². The van der Waals surface area contributed by atoms with Crippen LogP contribution >= 0.6 is 0 Å². The van der Waals surface area contributed by atoms with E-state index in [9.17, 15) is 14.0 Å². The third-order valence-corrected chi connectivity index (χ3v) is 5.92. The van der Waals surface area contributed by atoms with E-state index in [2.05, 4.69) is 4.98 Å². The van der Waals surface area contributed by atoms with E-state index >= 15 is 0 Å². The minimum Gasteiger partial charge on any atom is -0.486 e. The van der Waals surface area contributed by atoms with Crippen molar-refractivity contribution in [1.29, 1.82) is 0 Å². The van der Waals surface area contributed by atoms with Crippen molar-refractivity contribution in [2.24, 2.45) is 11.3 Å². The molecule has 2 aromatic carbocycles. The molecule has 1 saturated carbocycles. The van der Waals surface area contributed by atoms with Crippen molar-refractivity contribution in [3.63, 3.8) is 0 Å². The van der Waals surface area contributed by atoms with Gasteiger partial charge >= 0.3 is 5.97 Å². The van der Waals surface area contributed by atoms with Gasteiger partial charge in [-0.3, -0.25) is 19.8 Å². The fraction of sp³-hybridized carbons (Fsp3) is 0.292. The number of hydrogen-bond donors (Lipinski definition) is 2. The van der Waals surface area contributed by atoms with Crippen LogP contribution in [0.25, 0.3) is 10.9 Å². The molecule has 0 spiro atoms. The summed E-state index contributed by atoms with van der Waals surface area (Å²) in [6.07, 6.45) is 0.337. The molecule has 3 aromatic rings. The summed E-state index contributed by atoms with van der Waals surface area (Å²) in [6, 6.07) is 14.1. The van der Waals surface area contributed by atoms with Crippen molar-refractivity contribution in [3.05, 3.63) is 71.2 Å². The van der Waals surface area contributed by atoms with Gasteiger partial charge in [-0.1, -0.05) is 24.3 Å². The zero-order valence-electron chi connectivity index (χ0n) is 17.7. The molecule has 2 unspecified atom stereocenters. The first-order valence-corrected chi connectivity index (χ1v) is 10.2. The number of nitrogens with zero attached hydrogens (tertiary/aromatic N) is 1. The number of ether oxygens (including phenoxy) is 2. The molecule has 4 rings (SSSR count). The molecule has 7 nitrogen and oxygen atoms in total. The SMILES string of the molecule is COC(=O)C1(Cc2ccc(OCc3cc(C)nc4ccccc34)c(F)c2)CC1C(=O)NO. The van der Waals surface area contributed by atoms with Crippen LogP contribution in [-0.2, 0) is 27.4 Å². The molecule has 166 valence electrons. The molecule has 1 fully saturated rings. The van der Waals surface area contributed by atoms with Gasteiger partial charge in [0.15, 0.2) is 11.6 Å². The van der Waals surface area contributed by atoms with Crippen LogP contribution in [0.3, 0.4) is 0 Å². The summed E-state index contributed by atoms with van der Waals surface area (Å²) in [7, 11) is 1.23. The first-order chi connectivity index (χ1) is 15.4. The number of carbonyl (C=O) groups excluding carboxylic acids is 2. The number of methoxy groups -OCH3 is 1. The molecule has 0 saturated heterocycles. The predicted octanol–water partition coefficient (Wildman–Crippen LogP) is 3.49. The number of aryl methyl sites for hydroxylation is 1. The zero-order valence-corrected chi connectivity index (χ0v) is 17.7. The van der Waals surface area contributed by atoms with Crippen LogP contribution in [-0.4, -0.2) is 29.2 Å². The molecule has 0 radical (unpaired) electrons. The van der Waals surface area contributed by atoms with Gasteiger partial charge in [-0.05, 0) is 49.6 Å². The van der Waals surface area contributed by atoms with Gasteiger partial charge in [-0.25, -0.2) is 9.87 Å². The van der Waals surface area contributed by atoms with E-state index < -0.39 is 29.0 Å². The third kappa shape index (κ3) is 4.01. The van der Waals surface area contributed by atoms with E-state index in [-0.39, 0.29) is 25.2 Å². The van der Waals surface area contributed by atoms with Crippen molar-refractivity contribution < 1.29 is 28.7 Å². The molecule has 1 amide bonds. The van der Waals surface area contributed by atoms with Crippen LogP contribution in [0.2, 0.25) is 0 Å². The Morgan fingerprint density at radius 3 is 2.75 bits per heavy atom. The highest BCUT2D eigenvalue weighted by Gasteiger charge is 2.64. The minimum absolute atomic E-state index is 0.0832. The van der Waals surface area contributed by atoms with Crippen molar-refractivity contribution in [2.75, 3.05) is 7.11 Å². The van der Waals surface area contributed by atoms with Crippen LogP contribution < -0.4 is 10.2 Å². The number of benzene rings is 2. The molecule has 0 bridgehead atoms. The second-order valence-corrected chi connectivity index (χ2v) is 8.05. The summed E-state index contributed by atoms with van der Waals surface area (Å²) in [5.74, 6) is -2.43. The summed E-state index contributed by atoms with van der Waals surface area (Å²) in [4.78, 5) is 28.6. The van der Waals surface area contributed by atoms with Crippen LogP contribution in [0, 0.1) is 24.1 Å². The lowest BCUT2D eigenvalue weighted by molar-refractivity contribution is -0.149. The summed E-state index contributed by atoms with van der Waals surface area (Å²) >= 11 is 0. The fourth-order valence-corrected chi connectivity index (χ4v) is 4.23. The van der Waals surface area contributed by atoms with Crippen LogP contribution in [0.15, 0.2) is 48.5 Å². The Bertz CT molecular complexity index is 1200. The highest BCUT2D eigenvalue weighted by Crippen LogP contribution is 2.55. The first kappa shape index (κ1) is 21.7. The third-order valence-electron chi connectivity index (χ3n) is 5.92. The second-order valence-electron chi connectivity index (χ2n) is 8.05. The van der Waals surface area contributed by atoms with Gasteiger partial charge in [0, 0.05) is 16.6 Å². The standard InChI is InChI=1S/C24H23FN2O5/c1-14-9-16(17-5-3-4-6-20(17)26-14)13-32-21-8-7-15(10-19(21)25)11-24(23(29)31-2)12-18(24)22(28)27-30/h3-10,18,30H,11-13H2,1-2H3,(H,27,28). The fourth-order valence-electron chi connectivity index (χ4n) is 4.23. The Hall–Kier alpha value is -3.52. The number of esters is 1. The Labute approximate surface area is 184 Å². The zero-order chi connectivity index (χ0) is 22.9. The maximum atomic E-state index is 14.8. The number of nitrogens with one attached hydrogen (secondary N) is 1. The number of fused-ring (bicyclic) bond motifs is 1. The topological polar surface area (TPSA) is 97.8 Å². The Kier molecular flexibility index (Phi) is 5.80. The summed E-state index contributed by atoms with van der Waals surface area (Å²) in [6.45, 7) is 2.07.